The van der Waals surface area contributed by atoms with Crippen molar-refractivity contribution in [1.82, 2.24) is 10.6 Å². The first-order chi connectivity index (χ1) is 14.3. The molecule has 0 saturated carbocycles. The standard InChI is InChI=1S/C23H37N3O4/c1-3-4-5-6-7-8-9-18-10-12-19(13-11-18)16-25-22(28)20(24)14-15-21(27)26-17(2)23(29)30/h10-13,17,20H,3-9,14-16,24H2,1-2H3,(H,25,28)(H,26,27)(H,29,30)/t17-,20-/m0/s1. The number of aryl methyl sites for hydroxylation is 1. The molecule has 0 heterocycles. The molecule has 0 aliphatic heterocycles. The first-order valence-electron chi connectivity index (χ1n) is 11.0. The van der Waals surface area contributed by atoms with Gasteiger partial charge in [0.05, 0.1) is 6.04 Å². The topological polar surface area (TPSA) is 122 Å². The van der Waals surface area contributed by atoms with Crippen LogP contribution in [0.15, 0.2) is 24.3 Å². The highest BCUT2D eigenvalue weighted by Gasteiger charge is 2.17. The van der Waals surface area contributed by atoms with Crippen LogP contribution < -0.4 is 16.4 Å². The Morgan fingerprint density at radius 2 is 1.60 bits per heavy atom. The average molecular weight is 420 g/mol. The van der Waals surface area contributed by atoms with E-state index in [0.717, 1.165) is 12.0 Å². The highest BCUT2D eigenvalue weighted by atomic mass is 16.4. The molecule has 0 saturated heterocycles. The molecule has 7 heteroatoms. The Labute approximate surface area is 179 Å². The Morgan fingerprint density at radius 3 is 2.23 bits per heavy atom. The van der Waals surface area contributed by atoms with Crippen molar-refractivity contribution in [3.8, 4) is 0 Å². The number of rotatable bonds is 15. The van der Waals surface area contributed by atoms with Gasteiger partial charge in [-0.25, -0.2) is 0 Å². The van der Waals surface area contributed by atoms with Crippen LogP contribution >= 0.6 is 0 Å². The highest BCUT2D eigenvalue weighted by Crippen LogP contribution is 2.11. The second-order valence-corrected chi connectivity index (χ2v) is 7.82. The summed E-state index contributed by atoms with van der Waals surface area (Å²) in [6.45, 7) is 3.99. The zero-order valence-electron chi connectivity index (χ0n) is 18.3. The van der Waals surface area contributed by atoms with Crippen LogP contribution in [-0.4, -0.2) is 35.0 Å². The van der Waals surface area contributed by atoms with Crippen LogP contribution in [-0.2, 0) is 27.3 Å². The van der Waals surface area contributed by atoms with E-state index in [1.165, 1.54) is 51.0 Å². The minimum atomic E-state index is -1.11. The molecule has 0 unspecified atom stereocenters. The zero-order chi connectivity index (χ0) is 22.4. The van der Waals surface area contributed by atoms with Crippen molar-refractivity contribution in [2.75, 3.05) is 0 Å². The van der Waals surface area contributed by atoms with Gasteiger partial charge in [0.15, 0.2) is 0 Å². The third-order valence-electron chi connectivity index (χ3n) is 5.08. The lowest BCUT2D eigenvalue weighted by Crippen LogP contribution is -2.42. The molecule has 2 atom stereocenters. The zero-order valence-corrected chi connectivity index (χ0v) is 18.3. The summed E-state index contributed by atoms with van der Waals surface area (Å²) in [5, 5.41) is 13.9. The fourth-order valence-corrected chi connectivity index (χ4v) is 3.05. The number of nitrogens with one attached hydrogen (secondary N) is 2. The highest BCUT2D eigenvalue weighted by molar-refractivity contribution is 5.85. The molecule has 0 aliphatic rings. The molecule has 2 amide bonds. The fourth-order valence-electron chi connectivity index (χ4n) is 3.05. The largest absolute Gasteiger partial charge is 0.480 e. The SMILES string of the molecule is CCCCCCCCc1ccc(CNC(=O)[C@@H](N)CCC(=O)N[C@@H](C)C(=O)O)cc1. The normalized spacial score (nSPS) is 12.8. The molecule has 30 heavy (non-hydrogen) atoms. The van der Waals surface area contributed by atoms with Gasteiger partial charge in [0.25, 0.3) is 0 Å². The van der Waals surface area contributed by atoms with Gasteiger partial charge in [0, 0.05) is 13.0 Å². The average Bonchev–Trinajstić information content (AvgIpc) is 2.73. The van der Waals surface area contributed by atoms with E-state index in [0.29, 0.717) is 6.54 Å². The van der Waals surface area contributed by atoms with Gasteiger partial charge < -0.3 is 21.5 Å². The summed E-state index contributed by atoms with van der Waals surface area (Å²) in [5.74, 6) is -1.87. The Bertz CT molecular complexity index is 661. The Kier molecular flexibility index (Phi) is 12.4. The predicted octanol–water partition coefficient (Wildman–Crippen LogP) is 2.90. The lowest BCUT2D eigenvalue weighted by Gasteiger charge is -2.13. The first kappa shape index (κ1) is 25.6. The molecule has 0 fully saturated rings. The van der Waals surface area contributed by atoms with Crippen molar-refractivity contribution in [2.24, 2.45) is 5.73 Å². The van der Waals surface area contributed by atoms with Crippen LogP contribution in [0.3, 0.4) is 0 Å². The summed E-state index contributed by atoms with van der Waals surface area (Å²) >= 11 is 0. The Morgan fingerprint density at radius 1 is 1.00 bits per heavy atom. The minimum Gasteiger partial charge on any atom is -0.480 e. The van der Waals surface area contributed by atoms with Gasteiger partial charge in [-0.1, -0.05) is 63.3 Å². The van der Waals surface area contributed by atoms with Crippen molar-refractivity contribution in [3.63, 3.8) is 0 Å². The van der Waals surface area contributed by atoms with Gasteiger partial charge >= 0.3 is 5.97 Å². The maximum atomic E-state index is 12.1. The molecule has 0 spiro atoms. The molecular weight excluding hydrogens is 382 g/mol. The van der Waals surface area contributed by atoms with Crippen LogP contribution in [0.2, 0.25) is 0 Å². The van der Waals surface area contributed by atoms with Gasteiger partial charge in [-0.3, -0.25) is 14.4 Å². The van der Waals surface area contributed by atoms with Crippen LogP contribution in [0.4, 0.5) is 0 Å². The van der Waals surface area contributed by atoms with Gasteiger partial charge in [-0.2, -0.15) is 0 Å². The van der Waals surface area contributed by atoms with E-state index < -0.39 is 24.0 Å². The van der Waals surface area contributed by atoms with E-state index in [2.05, 4.69) is 29.7 Å². The molecule has 0 bridgehead atoms. The van der Waals surface area contributed by atoms with Crippen molar-refractivity contribution in [3.05, 3.63) is 35.4 Å². The number of benzene rings is 1. The number of carboxylic acids is 1. The van der Waals surface area contributed by atoms with Crippen LogP contribution in [0.1, 0.15) is 76.3 Å². The second-order valence-electron chi connectivity index (χ2n) is 7.82. The molecule has 0 aromatic heterocycles. The minimum absolute atomic E-state index is 0.000647. The number of nitrogens with two attached hydrogens (primary N) is 1. The van der Waals surface area contributed by atoms with E-state index in [1.54, 1.807) is 0 Å². The maximum absolute atomic E-state index is 12.1. The molecule has 1 aromatic carbocycles. The van der Waals surface area contributed by atoms with E-state index >= 15 is 0 Å². The van der Waals surface area contributed by atoms with Gasteiger partial charge in [-0.05, 0) is 37.3 Å². The number of hydrogen-bond donors (Lipinski definition) is 4. The second kappa shape index (κ2) is 14.6. The Hall–Kier alpha value is -2.41. The number of carboxylic acid groups (broad SMARTS) is 1. The third-order valence-corrected chi connectivity index (χ3v) is 5.08. The molecule has 1 rings (SSSR count). The van der Waals surface area contributed by atoms with Gasteiger partial charge in [0.2, 0.25) is 11.8 Å². The predicted molar refractivity (Wildman–Crippen MR) is 118 cm³/mol. The van der Waals surface area contributed by atoms with E-state index in [9.17, 15) is 14.4 Å². The van der Waals surface area contributed by atoms with Crippen molar-refractivity contribution in [2.45, 2.75) is 90.3 Å². The first-order valence-corrected chi connectivity index (χ1v) is 11.0. The van der Waals surface area contributed by atoms with Crippen LogP contribution in [0.5, 0.6) is 0 Å². The molecule has 5 N–H and O–H groups in total. The van der Waals surface area contributed by atoms with Crippen molar-refractivity contribution >= 4 is 17.8 Å². The van der Waals surface area contributed by atoms with Crippen LogP contribution in [0.25, 0.3) is 0 Å². The van der Waals surface area contributed by atoms with Gasteiger partial charge in [0.1, 0.15) is 6.04 Å². The molecule has 0 radical (unpaired) electrons. The van der Waals surface area contributed by atoms with Crippen molar-refractivity contribution < 1.29 is 19.5 Å². The number of carbonyl (C=O) groups excluding carboxylic acids is 2. The summed E-state index contributed by atoms with van der Waals surface area (Å²) in [7, 11) is 0. The summed E-state index contributed by atoms with van der Waals surface area (Å²) in [5.41, 5.74) is 8.13. The summed E-state index contributed by atoms with van der Waals surface area (Å²) in [4.78, 5) is 34.5. The summed E-state index contributed by atoms with van der Waals surface area (Å²) in [6, 6.07) is 6.44. The van der Waals surface area contributed by atoms with E-state index in [-0.39, 0.29) is 18.7 Å². The third kappa shape index (κ3) is 11.0. The number of carbonyl (C=O) groups is 3. The summed E-state index contributed by atoms with van der Waals surface area (Å²) < 4.78 is 0. The lowest BCUT2D eigenvalue weighted by molar-refractivity contribution is -0.141. The monoisotopic (exact) mass is 419 g/mol. The lowest BCUT2D eigenvalue weighted by atomic mass is 10.0. The number of aliphatic carboxylic acids is 1. The van der Waals surface area contributed by atoms with E-state index in [1.807, 2.05) is 12.1 Å². The Balaban J connectivity index is 2.26. The fraction of sp³-hybridized carbons (Fsp3) is 0.609. The number of unbranched alkanes of at least 4 members (excludes halogenated alkanes) is 5. The molecule has 168 valence electrons. The molecule has 1 aromatic rings. The van der Waals surface area contributed by atoms with Crippen molar-refractivity contribution in [1.29, 1.82) is 0 Å². The molecule has 7 nitrogen and oxygen atoms in total. The molecule has 0 aliphatic carbocycles. The maximum Gasteiger partial charge on any atom is 0.325 e. The number of hydrogen-bond acceptors (Lipinski definition) is 4. The summed E-state index contributed by atoms with van der Waals surface area (Å²) in [6.07, 6.45) is 8.91. The van der Waals surface area contributed by atoms with E-state index in [4.69, 9.17) is 10.8 Å². The van der Waals surface area contributed by atoms with Crippen LogP contribution in [0, 0.1) is 0 Å². The number of amides is 2. The van der Waals surface area contributed by atoms with Gasteiger partial charge in [-0.15, -0.1) is 0 Å². The molecular formula is C23H37N3O4. The smallest absolute Gasteiger partial charge is 0.325 e. The quantitative estimate of drug-likeness (QED) is 0.326.